The summed E-state index contributed by atoms with van der Waals surface area (Å²) in [6, 6.07) is 5.30. The Morgan fingerprint density at radius 2 is 2.00 bits per heavy atom. The van der Waals surface area contributed by atoms with Gasteiger partial charge in [-0.3, -0.25) is 4.79 Å². The van der Waals surface area contributed by atoms with Gasteiger partial charge in [-0.1, -0.05) is 13.8 Å². The number of anilines is 1. The average molecular weight is 264 g/mol. The molecule has 1 aromatic carbocycles. The van der Waals surface area contributed by atoms with Gasteiger partial charge in [0.05, 0.1) is 12.7 Å². The maximum absolute atomic E-state index is 12.5. The van der Waals surface area contributed by atoms with E-state index in [0.29, 0.717) is 22.9 Å². The SMILES string of the molecule is COc1ccc(N)cc1C(=O)N(C)C(C)CC(C)C. The number of nitrogens with two attached hydrogens (primary N) is 1. The molecule has 4 nitrogen and oxygen atoms in total. The van der Waals surface area contributed by atoms with E-state index in [1.54, 1.807) is 30.2 Å². The molecule has 0 heterocycles. The van der Waals surface area contributed by atoms with Crippen molar-refractivity contribution in [1.29, 1.82) is 0 Å². The van der Waals surface area contributed by atoms with Gasteiger partial charge in [0, 0.05) is 18.8 Å². The highest BCUT2D eigenvalue weighted by molar-refractivity contribution is 5.97. The van der Waals surface area contributed by atoms with Crippen molar-refractivity contribution in [3.63, 3.8) is 0 Å². The van der Waals surface area contributed by atoms with Gasteiger partial charge >= 0.3 is 0 Å². The highest BCUT2D eigenvalue weighted by Crippen LogP contribution is 2.23. The molecule has 1 amide bonds. The first-order chi connectivity index (χ1) is 8.86. The second-order valence-electron chi connectivity index (χ2n) is 5.35. The van der Waals surface area contributed by atoms with Crippen LogP contribution in [-0.2, 0) is 0 Å². The van der Waals surface area contributed by atoms with Crippen LogP contribution in [0.25, 0.3) is 0 Å². The third-order valence-corrected chi connectivity index (χ3v) is 3.25. The van der Waals surface area contributed by atoms with Crippen LogP contribution in [0.3, 0.4) is 0 Å². The number of rotatable bonds is 5. The number of amides is 1. The summed E-state index contributed by atoms with van der Waals surface area (Å²) >= 11 is 0. The molecule has 1 atom stereocenters. The molecule has 0 radical (unpaired) electrons. The van der Waals surface area contributed by atoms with Gasteiger partial charge in [0.15, 0.2) is 0 Å². The Morgan fingerprint density at radius 3 is 2.53 bits per heavy atom. The zero-order valence-corrected chi connectivity index (χ0v) is 12.4. The Morgan fingerprint density at radius 1 is 1.37 bits per heavy atom. The molecule has 19 heavy (non-hydrogen) atoms. The largest absolute Gasteiger partial charge is 0.496 e. The molecule has 0 aliphatic rings. The van der Waals surface area contributed by atoms with E-state index < -0.39 is 0 Å². The molecule has 0 fully saturated rings. The summed E-state index contributed by atoms with van der Waals surface area (Å²) in [5.41, 5.74) is 6.83. The van der Waals surface area contributed by atoms with Crippen LogP contribution in [0.2, 0.25) is 0 Å². The summed E-state index contributed by atoms with van der Waals surface area (Å²) in [6.07, 6.45) is 0.965. The summed E-state index contributed by atoms with van der Waals surface area (Å²) in [5, 5.41) is 0. The first-order valence-corrected chi connectivity index (χ1v) is 6.57. The zero-order valence-electron chi connectivity index (χ0n) is 12.4. The lowest BCUT2D eigenvalue weighted by atomic mass is 10.0. The van der Waals surface area contributed by atoms with Gasteiger partial charge in [-0.2, -0.15) is 0 Å². The Labute approximate surface area is 115 Å². The highest BCUT2D eigenvalue weighted by Gasteiger charge is 2.21. The van der Waals surface area contributed by atoms with Gasteiger partial charge in [0.25, 0.3) is 5.91 Å². The van der Waals surface area contributed by atoms with E-state index >= 15 is 0 Å². The second kappa shape index (κ2) is 6.45. The lowest BCUT2D eigenvalue weighted by Gasteiger charge is -2.27. The quantitative estimate of drug-likeness (QED) is 0.832. The van der Waals surface area contributed by atoms with Crippen molar-refractivity contribution in [2.45, 2.75) is 33.2 Å². The average Bonchev–Trinajstić information content (AvgIpc) is 2.36. The lowest BCUT2D eigenvalue weighted by molar-refractivity contribution is 0.0725. The molecule has 1 aromatic rings. The van der Waals surface area contributed by atoms with E-state index in [-0.39, 0.29) is 11.9 Å². The zero-order chi connectivity index (χ0) is 14.6. The number of hydrogen-bond donors (Lipinski definition) is 1. The summed E-state index contributed by atoms with van der Waals surface area (Å²) in [5.74, 6) is 1.05. The lowest BCUT2D eigenvalue weighted by Crippen LogP contribution is -2.36. The number of hydrogen-bond acceptors (Lipinski definition) is 3. The molecule has 2 N–H and O–H groups in total. The van der Waals surface area contributed by atoms with Crippen LogP contribution >= 0.6 is 0 Å². The third kappa shape index (κ3) is 3.88. The van der Waals surface area contributed by atoms with E-state index in [1.807, 2.05) is 7.05 Å². The van der Waals surface area contributed by atoms with Crippen LogP contribution in [0.1, 0.15) is 37.6 Å². The van der Waals surface area contributed by atoms with Crippen LogP contribution in [-0.4, -0.2) is 31.0 Å². The molecule has 106 valence electrons. The van der Waals surface area contributed by atoms with E-state index in [4.69, 9.17) is 10.5 Å². The fourth-order valence-corrected chi connectivity index (χ4v) is 2.12. The van der Waals surface area contributed by atoms with E-state index in [2.05, 4.69) is 20.8 Å². The van der Waals surface area contributed by atoms with Crippen LogP contribution in [0, 0.1) is 5.92 Å². The van der Waals surface area contributed by atoms with Crippen molar-refractivity contribution >= 4 is 11.6 Å². The summed E-state index contributed by atoms with van der Waals surface area (Å²) in [6.45, 7) is 6.35. The minimum absolute atomic E-state index is 0.0581. The molecule has 0 bridgehead atoms. The van der Waals surface area contributed by atoms with Crippen molar-refractivity contribution in [3.8, 4) is 5.75 Å². The first kappa shape index (κ1) is 15.3. The van der Waals surface area contributed by atoms with Crippen molar-refractivity contribution in [2.75, 3.05) is 19.9 Å². The molecule has 0 spiro atoms. The van der Waals surface area contributed by atoms with Gasteiger partial charge in [0.1, 0.15) is 5.75 Å². The molecular formula is C15H24N2O2. The molecule has 0 saturated carbocycles. The topological polar surface area (TPSA) is 55.6 Å². The smallest absolute Gasteiger partial charge is 0.257 e. The standard InChI is InChI=1S/C15H24N2O2/c1-10(2)8-11(3)17(4)15(18)13-9-12(16)6-7-14(13)19-5/h6-7,9-11H,8,16H2,1-5H3. The summed E-state index contributed by atoms with van der Waals surface area (Å²) in [7, 11) is 3.37. The third-order valence-electron chi connectivity index (χ3n) is 3.25. The number of nitrogen functional groups attached to an aromatic ring is 1. The van der Waals surface area contributed by atoms with Crippen LogP contribution in [0.15, 0.2) is 18.2 Å². The van der Waals surface area contributed by atoms with Crippen LogP contribution in [0.5, 0.6) is 5.75 Å². The Kier molecular flexibility index (Phi) is 5.21. The number of carbonyl (C=O) groups excluding carboxylic acids is 1. The fraction of sp³-hybridized carbons (Fsp3) is 0.533. The Hall–Kier alpha value is -1.71. The number of nitrogens with zero attached hydrogens (tertiary/aromatic N) is 1. The normalized spacial score (nSPS) is 12.3. The second-order valence-corrected chi connectivity index (χ2v) is 5.35. The van der Waals surface area contributed by atoms with Gasteiger partial charge < -0.3 is 15.4 Å². The van der Waals surface area contributed by atoms with E-state index in [9.17, 15) is 4.79 Å². The summed E-state index contributed by atoms with van der Waals surface area (Å²) in [4.78, 5) is 14.2. The van der Waals surface area contributed by atoms with Crippen molar-refractivity contribution in [3.05, 3.63) is 23.8 Å². The first-order valence-electron chi connectivity index (χ1n) is 6.57. The van der Waals surface area contributed by atoms with E-state index in [1.165, 1.54) is 0 Å². The van der Waals surface area contributed by atoms with Gasteiger partial charge in [-0.05, 0) is 37.5 Å². The summed E-state index contributed by atoms with van der Waals surface area (Å²) < 4.78 is 5.23. The minimum atomic E-state index is -0.0581. The van der Waals surface area contributed by atoms with Crippen LogP contribution in [0.4, 0.5) is 5.69 Å². The highest BCUT2D eigenvalue weighted by atomic mass is 16.5. The number of benzene rings is 1. The molecule has 0 saturated heterocycles. The molecule has 4 heteroatoms. The monoisotopic (exact) mass is 264 g/mol. The molecular weight excluding hydrogens is 240 g/mol. The molecule has 0 aromatic heterocycles. The molecule has 1 rings (SSSR count). The molecule has 1 unspecified atom stereocenters. The van der Waals surface area contributed by atoms with Gasteiger partial charge in [0.2, 0.25) is 0 Å². The fourth-order valence-electron chi connectivity index (χ4n) is 2.12. The molecule has 0 aliphatic heterocycles. The van der Waals surface area contributed by atoms with Crippen molar-refractivity contribution in [1.82, 2.24) is 4.90 Å². The minimum Gasteiger partial charge on any atom is -0.496 e. The number of methoxy groups -OCH3 is 1. The van der Waals surface area contributed by atoms with Gasteiger partial charge in [-0.25, -0.2) is 0 Å². The van der Waals surface area contributed by atoms with E-state index in [0.717, 1.165) is 6.42 Å². The Balaban J connectivity index is 2.96. The number of ether oxygens (including phenoxy) is 1. The Bertz CT molecular complexity index is 444. The number of carbonyl (C=O) groups is 1. The van der Waals surface area contributed by atoms with Crippen LogP contribution < -0.4 is 10.5 Å². The predicted octanol–water partition coefficient (Wildman–Crippen LogP) is 2.78. The predicted molar refractivity (Wildman–Crippen MR) is 78.4 cm³/mol. The van der Waals surface area contributed by atoms with Gasteiger partial charge in [-0.15, -0.1) is 0 Å². The molecule has 0 aliphatic carbocycles. The maximum Gasteiger partial charge on any atom is 0.257 e. The van der Waals surface area contributed by atoms with Crippen molar-refractivity contribution in [2.24, 2.45) is 5.92 Å². The van der Waals surface area contributed by atoms with Crippen molar-refractivity contribution < 1.29 is 9.53 Å². The maximum atomic E-state index is 12.5.